The highest BCUT2D eigenvalue weighted by Gasteiger charge is 2.34. The lowest BCUT2D eigenvalue weighted by molar-refractivity contribution is 0.265. The van der Waals surface area contributed by atoms with E-state index in [0.717, 1.165) is 25.4 Å². The number of nitrogens with zero attached hydrogens (tertiary/aromatic N) is 2. The Morgan fingerprint density at radius 2 is 2.14 bits per heavy atom. The smallest absolute Gasteiger partial charge is 0.185 e. The fraction of sp³-hybridized carbons (Fsp3) is 0.824. The second-order valence-corrected chi connectivity index (χ2v) is 8.25. The summed E-state index contributed by atoms with van der Waals surface area (Å²) in [6.07, 6.45) is 3.54. The first kappa shape index (κ1) is 16.8. The summed E-state index contributed by atoms with van der Waals surface area (Å²) in [7, 11) is 2.08. The molecule has 0 fully saturated rings. The van der Waals surface area contributed by atoms with Crippen molar-refractivity contribution in [3.63, 3.8) is 0 Å². The first-order valence-electron chi connectivity index (χ1n) is 8.32. The molecule has 0 bridgehead atoms. The molecule has 4 heteroatoms. The van der Waals surface area contributed by atoms with Crippen LogP contribution in [0.1, 0.15) is 64.1 Å². The Morgan fingerprint density at radius 1 is 1.43 bits per heavy atom. The van der Waals surface area contributed by atoms with Crippen molar-refractivity contribution in [2.24, 2.45) is 11.3 Å². The highest BCUT2D eigenvalue weighted by Crippen LogP contribution is 2.44. The molecule has 1 N–H and O–H groups in total. The summed E-state index contributed by atoms with van der Waals surface area (Å²) >= 11 is 1.91. The Bertz CT molecular complexity index is 467. The molecule has 0 spiro atoms. The molecule has 21 heavy (non-hydrogen) atoms. The van der Waals surface area contributed by atoms with E-state index in [-0.39, 0.29) is 0 Å². The predicted molar refractivity (Wildman–Crippen MR) is 93.4 cm³/mol. The third-order valence-electron chi connectivity index (χ3n) is 4.67. The molecular weight excluding hydrogens is 278 g/mol. The Hall–Kier alpha value is -0.610. The molecule has 1 aromatic rings. The van der Waals surface area contributed by atoms with Crippen LogP contribution >= 0.6 is 11.3 Å². The summed E-state index contributed by atoms with van der Waals surface area (Å²) in [4.78, 5) is 8.93. The van der Waals surface area contributed by atoms with Crippen molar-refractivity contribution in [1.82, 2.24) is 10.3 Å². The first-order valence-corrected chi connectivity index (χ1v) is 9.13. The molecule has 120 valence electrons. The Balaban J connectivity index is 2.26. The number of hydrogen-bond donors (Lipinski definition) is 1. The van der Waals surface area contributed by atoms with E-state index < -0.39 is 0 Å². The molecule has 1 aliphatic rings. The van der Waals surface area contributed by atoms with Crippen LogP contribution in [0.5, 0.6) is 0 Å². The minimum Gasteiger partial charge on any atom is -0.348 e. The molecule has 2 atom stereocenters. The molecule has 2 unspecified atom stereocenters. The van der Waals surface area contributed by atoms with E-state index in [0.29, 0.717) is 11.5 Å². The summed E-state index contributed by atoms with van der Waals surface area (Å²) in [6.45, 7) is 13.7. The van der Waals surface area contributed by atoms with Crippen LogP contribution in [-0.4, -0.2) is 25.1 Å². The van der Waals surface area contributed by atoms with Crippen LogP contribution in [0.25, 0.3) is 0 Å². The number of thiazole rings is 1. The van der Waals surface area contributed by atoms with Gasteiger partial charge in [-0.3, -0.25) is 0 Å². The largest absolute Gasteiger partial charge is 0.348 e. The molecule has 0 aliphatic heterocycles. The van der Waals surface area contributed by atoms with E-state index in [1.807, 2.05) is 11.3 Å². The number of hydrogen-bond acceptors (Lipinski definition) is 4. The standard InChI is InChI=1S/C17H31N3S/c1-7-12(3)11-20(8-2)16-19-14-10-17(4,5)9-13(18-6)15(14)21-16/h12-13,18H,7-11H2,1-6H3. The van der Waals surface area contributed by atoms with Crippen LogP contribution in [0.15, 0.2) is 0 Å². The monoisotopic (exact) mass is 309 g/mol. The zero-order valence-corrected chi connectivity index (χ0v) is 15.3. The van der Waals surface area contributed by atoms with Crippen molar-refractivity contribution in [2.45, 2.75) is 59.9 Å². The van der Waals surface area contributed by atoms with E-state index in [4.69, 9.17) is 4.98 Å². The second-order valence-electron chi connectivity index (χ2n) is 7.25. The summed E-state index contributed by atoms with van der Waals surface area (Å²) in [6, 6.07) is 0.470. The lowest BCUT2D eigenvalue weighted by Gasteiger charge is -2.34. The van der Waals surface area contributed by atoms with Crippen molar-refractivity contribution >= 4 is 16.5 Å². The topological polar surface area (TPSA) is 28.2 Å². The molecule has 2 rings (SSSR count). The van der Waals surface area contributed by atoms with Gasteiger partial charge in [0, 0.05) is 24.0 Å². The van der Waals surface area contributed by atoms with Gasteiger partial charge in [0.05, 0.1) is 5.69 Å². The minimum absolute atomic E-state index is 0.347. The van der Waals surface area contributed by atoms with Gasteiger partial charge in [-0.05, 0) is 38.1 Å². The third-order valence-corrected chi connectivity index (χ3v) is 5.94. The number of aromatic nitrogens is 1. The molecular formula is C17H31N3S. The van der Waals surface area contributed by atoms with E-state index in [9.17, 15) is 0 Å². The molecule has 0 amide bonds. The average Bonchev–Trinajstić information content (AvgIpc) is 2.85. The Kier molecular flexibility index (Phi) is 5.31. The van der Waals surface area contributed by atoms with E-state index >= 15 is 0 Å². The molecule has 0 saturated heterocycles. The number of rotatable bonds is 6. The van der Waals surface area contributed by atoms with Gasteiger partial charge >= 0.3 is 0 Å². The molecule has 0 radical (unpaired) electrons. The van der Waals surface area contributed by atoms with Crippen LogP contribution in [0, 0.1) is 11.3 Å². The first-order chi connectivity index (χ1) is 9.90. The fourth-order valence-corrected chi connectivity index (χ4v) is 4.40. The second kappa shape index (κ2) is 6.66. The van der Waals surface area contributed by atoms with Crippen molar-refractivity contribution in [3.05, 3.63) is 10.6 Å². The van der Waals surface area contributed by atoms with Crippen LogP contribution in [0.2, 0.25) is 0 Å². The maximum atomic E-state index is 5.01. The van der Waals surface area contributed by atoms with Gasteiger partial charge in [-0.25, -0.2) is 4.98 Å². The van der Waals surface area contributed by atoms with Crippen LogP contribution < -0.4 is 10.2 Å². The lowest BCUT2D eigenvalue weighted by atomic mass is 9.76. The predicted octanol–water partition coefficient (Wildman–Crippen LogP) is 4.25. The molecule has 0 saturated carbocycles. The van der Waals surface area contributed by atoms with Gasteiger partial charge in [0.2, 0.25) is 0 Å². The molecule has 1 aliphatic carbocycles. The maximum Gasteiger partial charge on any atom is 0.185 e. The maximum absolute atomic E-state index is 5.01. The van der Waals surface area contributed by atoms with Gasteiger partial charge < -0.3 is 10.2 Å². The van der Waals surface area contributed by atoms with Gasteiger partial charge in [-0.15, -0.1) is 0 Å². The van der Waals surface area contributed by atoms with Crippen LogP contribution in [0.3, 0.4) is 0 Å². The SMILES string of the molecule is CCC(C)CN(CC)c1nc2c(s1)C(NC)CC(C)(C)C2. The Labute approximate surface area is 134 Å². The number of anilines is 1. The average molecular weight is 310 g/mol. The molecule has 0 aromatic carbocycles. The molecule has 1 heterocycles. The summed E-state index contributed by atoms with van der Waals surface area (Å²) in [5.41, 5.74) is 1.67. The van der Waals surface area contributed by atoms with Gasteiger partial charge in [0.25, 0.3) is 0 Å². The van der Waals surface area contributed by atoms with E-state index in [2.05, 4.69) is 51.9 Å². The van der Waals surface area contributed by atoms with Gasteiger partial charge in [-0.1, -0.05) is 45.5 Å². The highest BCUT2D eigenvalue weighted by molar-refractivity contribution is 7.15. The fourth-order valence-electron chi connectivity index (χ4n) is 3.14. The van der Waals surface area contributed by atoms with Crippen molar-refractivity contribution < 1.29 is 0 Å². The number of nitrogens with one attached hydrogen (secondary N) is 1. The van der Waals surface area contributed by atoms with Gasteiger partial charge in [0.15, 0.2) is 5.13 Å². The lowest BCUT2D eigenvalue weighted by Crippen LogP contribution is -2.30. The van der Waals surface area contributed by atoms with Gasteiger partial charge in [-0.2, -0.15) is 0 Å². The quantitative estimate of drug-likeness (QED) is 0.851. The van der Waals surface area contributed by atoms with Crippen LogP contribution in [0.4, 0.5) is 5.13 Å². The number of fused-ring (bicyclic) bond motifs is 1. The molecule has 1 aromatic heterocycles. The summed E-state index contributed by atoms with van der Waals surface area (Å²) in [5, 5.41) is 4.71. The van der Waals surface area contributed by atoms with Gasteiger partial charge in [0.1, 0.15) is 0 Å². The zero-order chi connectivity index (χ0) is 15.6. The highest BCUT2D eigenvalue weighted by atomic mass is 32.1. The summed E-state index contributed by atoms with van der Waals surface area (Å²) < 4.78 is 0. The third kappa shape index (κ3) is 3.78. The van der Waals surface area contributed by atoms with Crippen LogP contribution in [-0.2, 0) is 6.42 Å². The van der Waals surface area contributed by atoms with Crippen molar-refractivity contribution in [3.8, 4) is 0 Å². The van der Waals surface area contributed by atoms with E-state index in [1.54, 1.807) is 0 Å². The van der Waals surface area contributed by atoms with Crippen molar-refractivity contribution in [2.75, 3.05) is 25.0 Å². The zero-order valence-electron chi connectivity index (χ0n) is 14.5. The molecule has 3 nitrogen and oxygen atoms in total. The summed E-state index contributed by atoms with van der Waals surface area (Å²) in [5.74, 6) is 0.724. The van der Waals surface area contributed by atoms with E-state index in [1.165, 1.54) is 28.5 Å². The van der Waals surface area contributed by atoms with Crippen molar-refractivity contribution in [1.29, 1.82) is 0 Å². The Morgan fingerprint density at radius 3 is 2.71 bits per heavy atom. The normalized spacial score (nSPS) is 21.9. The minimum atomic E-state index is 0.347.